The average Bonchev–Trinajstić information content (AvgIpc) is 3.49. The predicted octanol–water partition coefficient (Wildman–Crippen LogP) is 3.98. The van der Waals surface area contributed by atoms with E-state index in [1.165, 1.54) is 0 Å². The Morgan fingerprint density at radius 3 is 2.41 bits per heavy atom. The van der Waals surface area contributed by atoms with Crippen LogP contribution in [0.5, 0.6) is 0 Å². The number of aryl methyl sites for hydroxylation is 1. The molecule has 0 saturated carbocycles. The second-order valence-electron chi connectivity index (χ2n) is 13.9. The van der Waals surface area contributed by atoms with E-state index < -0.39 is 5.92 Å². The molecule has 2 amide bonds. The summed E-state index contributed by atoms with van der Waals surface area (Å²) < 4.78 is 1.81. The number of para-hydroxylation sites is 1. The summed E-state index contributed by atoms with van der Waals surface area (Å²) in [6.07, 6.45) is 6.26. The second-order valence-corrected chi connectivity index (χ2v) is 14.3. The molecule has 11 nitrogen and oxygen atoms in total. The molecule has 4 aromatic rings. The number of nitrogens with one attached hydrogen (secondary N) is 2. The number of aromatic amines is 1. The predicted molar refractivity (Wildman–Crippen MR) is 194 cm³/mol. The number of H-pyrrole nitrogens is 1. The smallest absolute Gasteiger partial charge is 0.326 e. The quantitative estimate of drug-likeness (QED) is 0.239. The fourth-order valence-electron chi connectivity index (χ4n) is 8.23. The molecule has 4 N–H and O–H groups in total. The summed E-state index contributed by atoms with van der Waals surface area (Å²) in [5, 5.41) is 4.83. The summed E-state index contributed by atoms with van der Waals surface area (Å²) in [7, 11) is 0. The maximum atomic E-state index is 14.2. The van der Waals surface area contributed by atoms with Crippen LogP contribution in [0.4, 0.5) is 5.69 Å². The third-order valence-electron chi connectivity index (χ3n) is 11.0. The zero-order chi connectivity index (χ0) is 34.1. The first-order valence-corrected chi connectivity index (χ1v) is 18.2. The Hall–Kier alpha value is -3.93. The van der Waals surface area contributed by atoms with Crippen molar-refractivity contribution in [2.75, 3.05) is 58.1 Å². The van der Waals surface area contributed by atoms with Crippen LogP contribution in [0.2, 0.25) is 5.02 Å². The minimum Gasteiger partial charge on any atom is -0.397 e. The van der Waals surface area contributed by atoms with Gasteiger partial charge in [-0.2, -0.15) is 0 Å². The van der Waals surface area contributed by atoms with E-state index in [1.54, 1.807) is 6.20 Å². The van der Waals surface area contributed by atoms with E-state index in [9.17, 15) is 14.4 Å². The lowest BCUT2D eigenvalue weighted by atomic mass is 9.91. The van der Waals surface area contributed by atoms with Crippen molar-refractivity contribution in [2.45, 2.75) is 64.0 Å². The molecule has 12 heteroatoms. The monoisotopic (exact) mass is 686 g/mol. The SMILES string of the molecule is CCc1cc(C[C@@H](CC(=O)N2CCC(n3c(=O)[nH]c4c5ccccc5ncc43)CC2)C(=O)N2CCC(N3CCNCC3)CC2)cc(Cl)c1N. The molecule has 7 rings (SSSR count). The number of anilines is 1. The van der Waals surface area contributed by atoms with Gasteiger partial charge in [-0.3, -0.25) is 24.0 Å². The number of piperidine rings is 2. The van der Waals surface area contributed by atoms with Crippen LogP contribution in [-0.2, 0) is 22.4 Å². The number of carbonyl (C=O) groups excluding carboxylic acids is 2. The lowest BCUT2D eigenvalue weighted by Crippen LogP contribution is -2.53. The van der Waals surface area contributed by atoms with E-state index in [-0.39, 0.29) is 30.0 Å². The van der Waals surface area contributed by atoms with Gasteiger partial charge >= 0.3 is 5.69 Å². The third kappa shape index (κ3) is 6.93. The lowest BCUT2D eigenvalue weighted by Gasteiger charge is -2.41. The highest BCUT2D eigenvalue weighted by atomic mass is 35.5. The molecule has 0 bridgehead atoms. The number of imidazole rings is 1. The van der Waals surface area contributed by atoms with Gasteiger partial charge in [0.15, 0.2) is 0 Å². The van der Waals surface area contributed by atoms with Crippen LogP contribution in [-0.4, -0.2) is 99.4 Å². The zero-order valence-electron chi connectivity index (χ0n) is 28.3. The van der Waals surface area contributed by atoms with E-state index in [1.807, 2.05) is 57.7 Å². The summed E-state index contributed by atoms with van der Waals surface area (Å²) in [6.45, 7) is 8.61. The Morgan fingerprint density at radius 2 is 1.67 bits per heavy atom. The highest BCUT2D eigenvalue weighted by Crippen LogP contribution is 2.31. The normalized spacial score (nSPS) is 19.1. The van der Waals surface area contributed by atoms with Crippen LogP contribution >= 0.6 is 11.6 Å². The van der Waals surface area contributed by atoms with Crippen LogP contribution in [0, 0.1) is 5.92 Å². The minimum atomic E-state index is -0.499. The zero-order valence-corrected chi connectivity index (χ0v) is 29.1. The number of amides is 2. The van der Waals surface area contributed by atoms with Crippen molar-refractivity contribution in [2.24, 2.45) is 5.92 Å². The van der Waals surface area contributed by atoms with Gasteiger partial charge in [-0.15, -0.1) is 0 Å². The van der Waals surface area contributed by atoms with Gasteiger partial charge in [-0.25, -0.2) is 4.79 Å². The molecule has 260 valence electrons. The third-order valence-corrected chi connectivity index (χ3v) is 11.3. The number of hydrogen-bond acceptors (Lipinski definition) is 7. The maximum Gasteiger partial charge on any atom is 0.326 e. The van der Waals surface area contributed by atoms with Crippen LogP contribution in [0.25, 0.3) is 21.9 Å². The number of nitrogens with two attached hydrogens (primary N) is 1. The molecule has 2 aromatic heterocycles. The van der Waals surface area contributed by atoms with Gasteiger partial charge in [0.2, 0.25) is 11.8 Å². The van der Waals surface area contributed by atoms with E-state index in [0.29, 0.717) is 62.2 Å². The van der Waals surface area contributed by atoms with Crippen molar-refractivity contribution < 1.29 is 9.59 Å². The molecular weight excluding hydrogens is 640 g/mol. The molecule has 1 atom stereocenters. The van der Waals surface area contributed by atoms with Crippen molar-refractivity contribution in [1.29, 1.82) is 0 Å². The Labute approximate surface area is 291 Å². The van der Waals surface area contributed by atoms with Gasteiger partial charge < -0.3 is 25.8 Å². The summed E-state index contributed by atoms with van der Waals surface area (Å²) in [5.74, 6) is -0.484. The van der Waals surface area contributed by atoms with E-state index in [2.05, 4.69) is 20.2 Å². The van der Waals surface area contributed by atoms with Crippen LogP contribution < -0.4 is 16.7 Å². The van der Waals surface area contributed by atoms with Crippen molar-refractivity contribution >= 4 is 51.0 Å². The maximum absolute atomic E-state index is 14.2. The van der Waals surface area contributed by atoms with E-state index >= 15 is 0 Å². The molecule has 3 fully saturated rings. The van der Waals surface area contributed by atoms with Crippen molar-refractivity contribution in [3.05, 3.63) is 69.2 Å². The Bertz CT molecular complexity index is 1880. The molecule has 3 aliphatic heterocycles. The van der Waals surface area contributed by atoms with Crippen molar-refractivity contribution in [1.82, 2.24) is 34.6 Å². The number of aromatic nitrogens is 3. The van der Waals surface area contributed by atoms with Gasteiger partial charge in [-0.1, -0.05) is 42.8 Å². The number of nitrogen functional groups attached to an aromatic ring is 1. The van der Waals surface area contributed by atoms with Gasteiger partial charge in [0.05, 0.1) is 39.4 Å². The average molecular weight is 687 g/mol. The first-order chi connectivity index (χ1) is 23.8. The number of piperazine rings is 1. The molecule has 5 heterocycles. The molecule has 3 aliphatic rings. The van der Waals surface area contributed by atoms with E-state index in [4.69, 9.17) is 17.3 Å². The number of fused-ring (bicyclic) bond motifs is 3. The van der Waals surface area contributed by atoms with Gasteiger partial charge in [0.1, 0.15) is 0 Å². The first-order valence-electron chi connectivity index (χ1n) is 17.9. The number of benzene rings is 2. The Balaban J connectivity index is 1.05. The summed E-state index contributed by atoms with van der Waals surface area (Å²) in [4.78, 5) is 55.3. The lowest BCUT2D eigenvalue weighted by molar-refractivity contribution is -0.143. The minimum absolute atomic E-state index is 0.0244. The number of hydrogen-bond donors (Lipinski definition) is 3. The molecule has 0 spiro atoms. The van der Waals surface area contributed by atoms with E-state index in [0.717, 1.165) is 78.5 Å². The van der Waals surface area contributed by atoms with Gasteiger partial charge in [-0.05, 0) is 61.8 Å². The molecule has 3 saturated heterocycles. The van der Waals surface area contributed by atoms with Crippen LogP contribution in [0.1, 0.15) is 56.2 Å². The summed E-state index contributed by atoms with van der Waals surface area (Å²) in [5.41, 5.74) is 10.9. The largest absolute Gasteiger partial charge is 0.397 e. The van der Waals surface area contributed by atoms with Crippen molar-refractivity contribution in [3.8, 4) is 0 Å². The van der Waals surface area contributed by atoms with Gasteiger partial charge in [0.25, 0.3) is 0 Å². The standard InChI is InChI=1S/C37H47ClN8O3/c1-2-25-19-24(21-30(38)34(25)39)20-26(36(48)45-15-7-27(8-16-45)43-17-11-40-12-18-43)22-33(47)44-13-9-28(10-14-44)46-32-23-41-31-6-4-3-5-29(31)35(32)42-37(46)49/h3-6,19,21,23,26-28,40H,2,7-18,20,22,39H2,1H3,(H,42,49)/t26-/m0/s1. The number of rotatable bonds is 8. The molecular formula is C37H47ClN8O3. The Morgan fingerprint density at radius 1 is 0.980 bits per heavy atom. The first kappa shape index (κ1) is 33.6. The highest BCUT2D eigenvalue weighted by Gasteiger charge is 2.34. The molecule has 0 radical (unpaired) electrons. The van der Waals surface area contributed by atoms with Crippen LogP contribution in [0.15, 0.2) is 47.4 Å². The highest BCUT2D eigenvalue weighted by molar-refractivity contribution is 6.33. The topological polar surface area (TPSA) is 133 Å². The number of halogens is 1. The summed E-state index contributed by atoms with van der Waals surface area (Å²) in [6, 6.07) is 12.1. The molecule has 49 heavy (non-hydrogen) atoms. The number of pyridine rings is 1. The molecule has 2 aromatic carbocycles. The number of carbonyl (C=O) groups is 2. The van der Waals surface area contributed by atoms with Crippen molar-refractivity contribution in [3.63, 3.8) is 0 Å². The fraction of sp³-hybridized carbons (Fsp3) is 0.514. The van der Waals surface area contributed by atoms with Crippen LogP contribution in [0.3, 0.4) is 0 Å². The molecule has 0 unspecified atom stereocenters. The Kier molecular flexibility index (Phi) is 9.94. The number of nitrogens with zero attached hydrogens (tertiary/aromatic N) is 5. The second kappa shape index (κ2) is 14.5. The fourth-order valence-corrected chi connectivity index (χ4v) is 8.49. The van der Waals surface area contributed by atoms with Gasteiger partial charge in [0, 0.05) is 76.2 Å². The summed E-state index contributed by atoms with van der Waals surface area (Å²) >= 11 is 6.52. The number of likely N-dealkylation sites (tertiary alicyclic amines) is 2. The molecule has 0 aliphatic carbocycles.